The second-order valence-corrected chi connectivity index (χ2v) is 5.22. The van der Waals surface area contributed by atoms with E-state index in [2.05, 4.69) is 31.8 Å². The molecule has 0 spiro atoms. The van der Waals surface area contributed by atoms with Crippen molar-refractivity contribution in [1.82, 2.24) is 4.98 Å². The molecule has 0 saturated heterocycles. The number of nitrogens with zero attached hydrogens (tertiary/aromatic N) is 2. The van der Waals surface area contributed by atoms with Crippen LogP contribution >= 0.6 is 11.6 Å². The largest absolute Gasteiger partial charge is 0.239 e. The highest BCUT2D eigenvalue weighted by Crippen LogP contribution is 2.45. The number of hydrogen-bond donors (Lipinski definition) is 0. The third-order valence-corrected chi connectivity index (χ3v) is 3.43. The second-order valence-electron chi connectivity index (χ2n) is 4.86. The van der Waals surface area contributed by atoms with Crippen molar-refractivity contribution < 1.29 is 0 Å². The summed E-state index contributed by atoms with van der Waals surface area (Å²) in [6.07, 6.45) is 1.07. The summed E-state index contributed by atoms with van der Waals surface area (Å²) in [6, 6.07) is 3.98. The molecule has 1 aliphatic rings. The van der Waals surface area contributed by atoms with Gasteiger partial charge in [0.1, 0.15) is 11.2 Å². The Kier molecular flexibility index (Phi) is 2.24. The SMILES string of the molecule is CC1CC(C)(C)c2cc(C#N)c(Cl)nc21. The topological polar surface area (TPSA) is 36.7 Å². The van der Waals surface area contributed by atoms with Crippen molar-refractivity contribution >= 4 is 11.6 Å². The maximum absolute atomic E-state index is 8.91. The van der Waals surface area contributed by atoms with Crippen LogP contribution in [0.4, 0.5) is 0 Å². The van der Waals surface area contributed by atoms with Crippen LogP contribution in [0.2, 0.25) is 5.15 Å². The summed E-state index contributed by atoms with van der Waals surface area (Å²) in [5.41, 5.74) is 2.83. The van der Waals surface area contributed by atoms with E-state index in [1.165, 1.54) is 5.56 Å². The zero-order chi connectivity index (χ0) is 11.2. The van der Waals surface area contributed by atoms with Gasteiger partial charge in [0.15, 0.2) is 0 Å². The molecule has 0 N–H and O–H groups in total. The van der Waals surface area contributed by atoms with E-state index in [1.807, 2.05) is 6.07 Å². The summed E-state index contributed by atoms with van der Waals surface area (Å²) in [4.78, 5) is 4.34. The van der Waals surface area contributed by atoms with Crippen molar-refractivity contribution in [2.24, 2.45) is 0 Å². The van der Waals surface area contributed by atoms with Crippen LogP contribution < -0.4 is 0 Å². The highest BCUT2D eigenvalue weighted by atomic mass is 35.5. The Morgan fingerprint density at radius 3 is 2.87 bits per heavy atom. The molecule has 0 aromatic carbocycles. The predicted octanol–water partition coefficient (Wildman–Crippen LogP) is 3.39. The van der Waals surface area contributed by atoms with E-state index < -0.39 is 0 Å². The van der Waals surface area contributed by atoms with Gasteiger partial charge in [-0.15, -0.1) is 0 Å². The molecule has 0 bridgehead atoms. The fourth-order valence-electron chi connectivity index (χ4n) is 2.47. The zero-order valence-corrected chi connectivity index (χ0v) is 9.89. The summed E-state index contributed by atoms with van der Waals surface area (Å²) >= 11 is 5.93. The first-order chi connectivity index (χ1) is 6.95. The Labute approximate surface area is 94.9 Å². The van der Waals surface area contributed by atoms with Gasteiger partial charge in [-0.25, -0.2) is 4.98 Å². The normalized spacial score (nSPS) is 22.2. The Morgan fingerprint density at radius 2 is 2.27 bits per heavy atom. The molecule has 3 heteroatoms. The Morgan fingerprint density at radius 1 is 1.60 bits per heavy atom. The van der Waals surface area contributed by atoms with Gasteiger partial charge in [-0.2, -0.15) is 5.26 Å². The van der Waals surface area contributed by atoms with Crippen LogP contribution in [0.3, 0.4) is 0 Å². The average Bonchev–Trinajstić information content (AvgIpc) is 2.36. The minimum Gasteiger partial charge on any atom is -0.239 e. The van der Waals surface area contributed by atoms with Crippen LogP contribution in [0.1, 0.15) is 49.9 Å². The highest BCUT2D eigenvalue weighted by Gasteiger charge is 2.36. The van der Waals surface area contributed by atoms with Crippen molar-refractivity contribution in [3.05, 3.63) is 28.0 Å². The van der Waals surface area contributed by atoms with Gasteiger partial charge in [-0.1, -0.05) is 32.4 Å². The highest BCUT2D eigenvalue weighted by molar-refractivity contribution is 6.30. The summed E-state index contributed by atoms with van der Waals surface area (Å²) in [5, 5.41) is 9.25. The minimum absolute atomic E-state index is 0.109. The third kappa shape index (κ3) is 1.52. The molecule has 0 saturated carbocycles. The lowest BCUT2D eigenvalue weighted by Crippen LogP contribution is -2.12. The number of nitriles is 1. The first kappa shape index (κ1) is 10.4. The van der Waals surface area contributed by atoms with E-state index in [9.17, 15) is 0 Å². The van der Waals surface area contributed by atoms with Crippen molar-refractivity contribution in [3.63, 3.8) is 0 Å². The van der Waals surface area contributed by atoms with Gasteiger partial charge in [0.05, 0.1) is 5.56 Å². The van der Waals surface area contributed by atoms with Crippen LogP contribution in [0.5, 0.6) is 0 Å². The molecule has 78 valence electrons. The molecule has 0 amide bonds. The predicted molar refractivity (Wildman–Crippen MR) is 60.0 cm³/mol. The molecule has 1 unspecified atom stereocenters. The molecule has 2 nitrogen and oxygen atoms in total. The fraction of sp³-hybridized carbons (Fsp3) is 0.500. The van der Waals surface area contributed by atoms with Crippen LogP contribution in [-0.4, -0.2) is 4.98 Å². The number of pyridine rings is 1. The van der Waals surface area contributed by atoms with Gasteiger partial charge in [-0.3, -0.25) is 0 Å². The van der Waals surface area contributed by atoms with E-state index in [4.69, 9.17) is 16.9 Å². The van der Waals surface area contributed by atoms with Gasteiger partial charge in [-0.05, 0) is 29.4 Å². The molecule has 0 aliphatic heterocycles. The molecule has 2 rings (SSSR count). The Bertz CT molecular complexity index is 457. The number of aromatic nitrogens is 1. The average molecular weight is 221 g/mol. The standard InChI is InChI=1S/C12H13ClN2/c1-7-5-12(2,3)9-4-8(6-14)11(13)15-10(7)9/h4,7H,5H2,1-3H3. The van der Waals surface area contributed by atoms with Crippen LogP contribution in [0, 0.1) is 11.3 Å². The van der Waals surface area contributed by atoms with Crippen LogP contribution in [-0.2, 0) is 5.41 Å². The summed E-state index contributed by atoms with van der Waals surface area (Å²) < 4.78 is 0. The second kappa shape index (κ2) is 3.21. The Balaban J connectivity index is 2.67. The van der Waals surface area contributed by atoms with E-state index in [-0.39, 0.29) is 5.41 Å². The monoisotopic (exact) mass is 220 g/mol. The number of halogens is 1. The summed E-state index contributed by atoms with van der Waals surface area (Å²) in [6.45, 7) is 6.53. The molecule has 0 fully saturated rings. The number of fused-ring (bicyclic) bond motifs is 1. The molecule has 1 aromatic rings. The van der Waals surface area contributed by atoms with E-state index in [0.29, 0.717) is 16.6 Å². The van der Waals surface area contributed by atoms with Crippen molar-refractivity contribution in [1.29, 1.82) is 5.26 Å². The lowest BCUT2D eigenvalue weighted by molar-refractivity contribution is 0.488. The van der Waals surface area contributed by atoms with Crippen LogP contribution in [0.15, 0.2) is 6.07 Å². The van der Waals surface area contributed by atoms with Gasteiger partial charge < -0.3 is 0 Å². The summed E-state index contributed by atoms with van der Waals surface area (Å²) in [7, 11) is 0. The minimum atomic E-state index is 0.109. The molecule has 1 atom stereocenters. The lowest BCUT2D eigenvalue weighted by atomic mass is 9.86. The first-order valence-corrected chi connectivity index (χ1v) is 5.44. The molecule has 1 heterocycles. The summed E-state index contributed by atoms with van der Waals surface area (Å²) in [5.74, 6) is 0.431. The molecular formula is C12H13ClN2. The van der Waals surface area contributed by atoms with Crippen molar-refractivity contribution in [3.8, 4) is 6.07 Å². The van der Waals surface area contributed by atoms with Gasteiger partial charge >= 0.3 is 0 Å². The van der Waals surface area contributed by atoms with Crippen molar-refractivity contribution in [2.45, 2.75) is 38.5 Å². The van der Waals surface area contributed by atoms with E-state index in [1.54, 1.807) is 0 Å². The molecule has 1 aliphatic carbocycles. The molecular weight excluding hydrogens is 208 g/mol. The van der Waals surface area contributed by atoms with Gasteiger partial charge in [0.2, 0.25) is 0 Å². The van der Waals surface area contributed by atoms with E-state index in [0.717, 1.165) is 12.1 Å². The third-order valence-electron chi connectivity index (χ3n) is 3.14. The molecule has 1 aromatic heterocycles. The molecule has 0 radical (unpaired) electrons. The maximum Gasteiger partial charge on any atom is 0.147 e. The van der Waals surface area contributed by atoms with Gasteiger partial charge in [0, 0.05) is 5.69 Å². The molecule has 15 heavy (non-hydrogen) atoms. The van der Waals surface area contributed by atoms with Gasteiger partial charge in [0.25, 0.3) is 0 Å². The van der Waals surface area contributed by atoms with Crippen LogP contribution in [0.25, 0.3) is 0 Å². The lowest BCUT2D eigenvalue weighted by Gasteiger charge is -2.18. The quantitative estimate of drug-likeness (QED) is 0.629. The van der Waals surface area contributed by atoms with Crippen molar-refractivity contribution in [2.75, 3.05) is 0 Å². The number of hydrogen-bond acceptors (Lipinski definition) is 2. The maximum atomic E-state index is 8.91. The smallest absolute Gasteiger partial charge is 0.147 e. The first-order valence-electron chi connectivity index (χ1n) is 5.06. The Hall–Kier alpha value is -1.07. The fourth-order valence-corrected chi connectivity index (χ4v) is 2.66. The zero-order valence-electron chi connectivity index (χ0n) is 9.13. The number of rotatable bonds is 0. The van der Waals surface area contributed by atoms with E-state index >= 15 is 0 Å².